The number of nitrogens with one attached hydrogen (secondary N) is 1. The van der Waals surface area contributed by atoms with E-state index in [0.29, 0.717) is 23.9 Å². The fourth-order valence-electron chi connectivity index (χ4n) is 8.99. The smallest absolute Gasteiger partial charge is 0.306 e. The minimum Gasteiger partial charge on any atom is -0.756 e. The average molecular weight is 1120 g/mol. The number of phosphoric ester groups is 1. The number of likely N-dealkylation sites (N-methyl/N-ethyl adjacent to an activating group) is 1. The van der Waals surface area contributed by atoms with Crippen LogP contribution < -0.4 is 10.2 Å². The maximum absolute atomic E-state index is 13.6. The highest BCUT2D eigenvalue weighted by Gasteiger charge is 2.27. The first kappa shape index (κ1) is 75.9. The Kier molecular flexibility index (Phi) is 55.9. The van der Waals surface area contributed by atoms with E-state index in [1.165, 1.54) is 128 Å². The van der Waals surface area contributed by atoms with Crippen molar-refractivity contribution >= 4 is 19.7 Å². The molecule has 79 heavy (non-hydrogen) atoms. The molecule has 3 unspecified atom stereocenters. The molecule has 0 aromatic carbocycles. The third-order valence-corrected chi connectivity index (χ3v) is 15.0. The zero-order valence-electron chi connectivity index (χ0n) is 52.1. The van der Waals surface area contributed by atoms with Gasteiger partial charge in [0.1, 0.15) is 19.3 Å². The van der Waals surface area contributed by atoms with E-state index in [2.05, 4.69) is 111 Å². The van der Waals surface area contributed by atoms with Gasteiger partial charge in [0.15, 0.2) is 0 Å². The van der Waals surface area contributed by atoms with E-state index in [-0.39, 0.29) is 24.9 Å². The SMILES string of the molecule is CC/C=C/C/C=C/C/C=C/CCCCCCC(=O)OC(/C=C\CCCCCCCCCCCC)C(COP(=O)([O-])OCC[N+](C)(C)C)NC(=O)CCCCCCCCCCCCC/C=C\C/C=C\C/C=C\C/C=C\CCCCC. The zero-order chi connectivity index (χ0) is 57.9. The first-order chi connectivity index (χ1) is 38.4. The van der Waals surface area contributed by atoms with Gasteiger partial charge >= 0.3 is 5.97 Å². The number of hydrogen-bond donors (Lipinski definition) is 1. The Hall–Kier alpha value is -3.07. The third kappa shape index (κ3) is 59.4. The van der Waals surface area contributed by atoms with E-state index in [4.69, 9.17) is 13.8 Å². The number of carbonyl (C=O) groups excluding carboxylic acids is 2. The molecule has 3 atom stereocenters. The summed E-state index contributed by atoms with van der Waals surface area (Å²) in [4.78, 5) is 40.0. The molecule has 0 aliphatic heterocycles. The predicted octanol–water partition coefficient (Wildman–Crippen LogP) is 19.7. The van der Waals surface area contributed by atoms with Gasteiger partial charge in [-0.3, -0.25) is 14.2 Å². The van der Waals surface area contributed by atoms with Gasteiger partial charge in [-0.25, -0.2) is 0 Å². The molecule has 0 aliphatic rings. The van der Waals surface area contributed by atoms with E-state index in [1.807, 2.05) is 33.3 Å². The van der Waals surface area contributed by atoms with Gasteiger partial charge in [0.2, 0.25) is 5.91 Å². The van der Waals surface area contributed by atoms with Crippen molar-refractivity contribution in [2.75, 3.05) is 40.9 Å². The Labute approximate surface area is 488 Å². The summed E-state index contributed by atoms with van der Waals surface area (Å²) < 4.78 is 30.3. The molecule has 0 aromatic heterocycles. The lowest BCUT2D eigenvalue weighted by molar-refractivity contribution is -0.870. The Morgan fingerprint density at radius 2 is 0.810 bits per heavy atom. The Balaban J connectivity index is 5.10. The third-order valence-electron chi connectivity index (χ3n) is 14.0. The lowest BCUT2D eigenvalue weighted by Gasteiger charge is -2.30. The van der Waals surface area contributed by atoms with E-state index in [1.54, 1.807) is 0 Å². The highest BCUT2D eigenvalue weighted by Crippen LogP contribution is 2.38. The molecule has 1 N–H and O–H groups in total. The van der Waals surface area contributed by atoms with Gasteiger partial charge in [-0.1, -0.05) is 253 Å². The summed E-state index contributed by atoms with van der Waals surface area (Å²) in [5.74, 6) is -0.572. The molecule has 0 spiro atoms. The van der Waals surface area contributed by atoms with Gasteiger partial charge in [-0.2, -0.15) is 0 Å². The summed E-state index contributed by atoms with van der Waals surface area (Å²) in [6.45, 7) is 6.68. The Bertz CT molecular complexity index is 1670. The highest BCUT2D eigenvalue weighted by atomic mass is 31.2. The number of ether oxygens (including phenoxy) is 1. The number of nitrogens with zero attached hydrogens (tertiary/aromatic N) is 1. The van der Waals surface area contributed by atoms with Crippen LogP contribution in [-0.4, -0.2) is 69.4 Å². The summed E-state index contributed by atoms with van der Waals surface area (Å²) in [5, 5.41) is 3.02. The molecule has 0 fully saturated rings. The number of allylic oxidation sites excluding steroid dienone is 15. The Morgan fingerprint density at radius 1 is 0.456 bits per heavy atom. The summed E-state index contributed by atoms with van der Waals surface area (Å²) in [6, 6.07) is -0.904. The molecule has 0 heterocycles. The maximum Gasteiger partial charge on any atom is 0.306 e. The van der Waals surface area contributed by atoms with Crippen LogP contribution in [0.3, 0.4) is 0 Å². The number of esters is 1. The van der Waals surface area contributed by atoms with Crippen LogP contribution in [0.1, 0.15) is 278 Å². The summed E-state index contributed by atoms with van der Waals surface area (Å²) >= 11 is 0. The van der Waals surface area contributed by atoms with Gasteiger partial charge in [-0.15, -0.1) is 0 Å². The molecule has 0 aliphatic carbocycles. The van der Waals surface area contributed by atoms with Crippen molar-refractivity contribution in [3.05, 3.63) is 97.2 Å². The Morgan fingerprint density at radius 3 is 1.24 bits per heavy atom. The number of carbonyl (C=O) groups is 2. The fraction of sp³-hybridized carbons (Fsp3) is 0.739. The van der Waals surface area contributed by atoms with Crippen molar-refractivity contribution in [1.29, 1.82) is 0 Å². The predicted molar refractivity (Wildman–Crippen MR) is 339 cm³/mol. The first-order valence-electron chi connectivity index (χ1n) is 32.5. The van der Waals surface area contributed by atoms with Crippen LogP contribution in [0.15, 0.2) is 97.2 Å². The minimum atomic E-state index is -4.71. The molecule has 456 valence electrons. The molecule has 0 saturated heterocycles. The highest BCUT2D eigenvalue weighted by molar-refractivity contribution is 7.45. The molecule has 0 bridgehead atoms. The van der Waals surface area contributed by atoms with Gasteiger partial charge in [0.05, 0.1) is 33.8 Å². The second-order valence-corrected chi connectivity index (χ2v) is 24.3. The van der Waals surface area contributed by atoms with Crippen LogP contribution in [0, 0.1) is 0 Å². The number of amides is 1. The molecule has 1 amide bonds. The van der Waals surface area contributed by atoms with E-state index >= 15 is 0 Å². The molecule has 0 rings (SSSR count). The number of phosphoric acid groups is 1. The van der Waals surface area contributed by atoms with Crippen molar-refractivity contribution in [2.24, 2.45) is 0 Å². The van der Waals surface area contributed by atoms with E-state index in [9.17, 15) is 19.0 Å². The lowest BCUT2D eigenvalue weighted by Crippen LogP contribution is -2.47. The second-order valence-electron chi connectivity index (χ2n) is 22.9. The van der Waals surface area contributed by atoms with Gasteiger partial charge in [0.25, 0.3) is 7.82 Å². The standard InChI is InChI=1S/C69H123N2O7P/c1-7-10-13-16-19-22-25-28-30-31-32-33-34-35-36-37-38-39-40-41-42-43-46-49-52-55-58-61-68(72)70-66(65-77-79(74,75)76-64-63-71(4,5)6)67(60-57-54-51-48-45-27-24-21-18-15-12-9-3)78-69(73)62-59-56-53-50-47-44-29-26-23-20-17-14-11-8-2/h11,14,19-20,22-23,28-30,32-33,35-36,44,57,60,66-67H,7-10,12-13,15-18,21,24-27,31,34,37-43,45-56,58-59,61-65H2,1-6H3,(H-,70,72,74,75)/b14-11+,22-19-,23-20+,30-28-,33-32-,36-35-,44-29+,60-57-. The monoisotopic (exact) mass is 1120 g/mol. The summed E-state index contributed by atoms with van der Waals surface area (Å²) in [5.41, 5.74) is 0. The fourth-order valence-corrected chi connectivity index (χ4v) is 9.71. The lowest BCUT2D eigenvalue weighted by atomic mass is 10.0. The van der Waals surface area contributed by atoms with Crippen molar-refractivity contribution in [3.8, 4) is 0 Å². The zero-order valence-corrected chi connectivity index (χ0v) is 52.9. The average Bonchev–Trinajstić information content (AvgIpc) is 3.41. The summed E-state index contributed by atoms with van der Waals surface area (Å²) in [7, 11) is 1.16. The first-order valence-corrected chi connectivity index (χ1v) is 34.0. The van der Waals surface area contributed by atoms with E-state index in [0.717, 1.165) is 109 Å². The normalized spacial score (nSPS) is 14.3. The van der Waals surface area contributed by atoms with Crippen molar-refractivity contribution in [1.82, 2.24) is 5.32 Å². The van der Waals surface area contributed by atoms with Gasteiger partial charge < -0.3 is 28.5 Å². The van der Waals surface area contributed by atoms with Gasteiger partial charge in [0, 0.05) is 12.8 Å². The molecule has 0 aromatic rings. The number of rotatable bonds is 58. The molecule has 10 heteroatoms. The van der Waals surface area contributed by atoms with Crippen molar-refractivity contribution in [3.63, 3.8) is 0 Å². The quantitative estimate of drug-likeness (QED) is 0.0212. The minimum absolute atomic E-state index is 0.0306. The van der Waals surface area contributed by atoms with Crippen molar-refractivity contribution < 1.29 is 37.3 Å². The molecule has 9 nitrogen and oxygen atoms in total. The van der Waals surface area contributed by atoms with Crippen LogP contribution in [0.2, 0.25) is 0 Å². The van der Waals surface area contributed by atoms with Crippen LogP contribution >= 0.6 is 7.82 Å². The largest absolute Gasteiger partial charge is 0.756 e. The van der Waals surface area contributed by atoms with E-state index < -0.39 is 26.6 Å². The number of quaternary nitrogens is 1. The summed E-state index contributed by atoms with van der Waals surface area (Å²) in [6.07, 6.45) is 78.1. The van der Waals surface area contributed by atoms with Crippen LogP contribution in [0.25, 0.3) is 0 Å². The van der Waals surface area contributed by atoms with Crippen LogP contribution in [0.4, 0.5) is 0 Å². The molecule has 0 radical (unpaired) electrons. The second kappa shape index (κ2) is 58.1. The van der Waals surface area contributed by atoms with Gasteiger partial charge in [-0.05, 0) is 109 Å². The van der Waals surface area contributed by atoms with Crippen LogP contribution in [0.5, 0.6) is 0 Å². The maximum atomic E-state index is 13.6. The van der Waals surface area contributed by atoms with Crippen LogP contribution in [-0.2, 0) is 27.9 Å². The molecule has 0 saturated carbocycles. The van der Waals surface area contributed by atoms with Crippen molar-refractivity contribution in [2.45, 2.75) is 290 Å². The number of hydrogen-bond acceptors (Lipinski definition) is 7. The molecular formula is C69H123N2O7P. The molecular weight excluding hydrogens is 1000 g/mol. The number of unbranched alkanes of at least 4 members (excludes halogenated alkanes) is 28. The topological polar surface area (TPSA) is 114 Å².